The van der Waals surface area contributed by atoms with Crippen LogP contribution in [0.3, 0.4) is 0 Å². The molecule has 0 radical (unpaired) electrons. The molecule has 1 atom stereocenters. The first kappa shape index (κ1) is 15.1. The number of hydrogen-bond donors (Lipinski definition) is 1. The highest BCUT2D eigenvalue weighted by Crippen LogP contribution is 2.19. The van der Waals surface area contributed by atoms with Gasteiger partial charge in [0, 0.05) is 12.1 Å². The molecule has 1 aliphatic rings. The van der Waals surface area contributed by atoms with Crippen LogP contribution in [0, 0.1) is 0 Å². The van der Waals surface area contributed by atoms with Gasteiger partial charge in [-0.15, -0.1) is 0 Å². The largest absolute Gasteiger partial charge is 0.478 e. The quantitative estimate of drug-likeness (QED) is 0.897. The molecule has 2 rings (SSSR count). The summed E-state index contributed by atoms with van der Waals surface area (Å²) in [4.78, 5) is 16.1. The molecule has 1 aliphatic heterocycles. The molecule has 1 aromatic rings. The summed E-state index contributed by atoms with van der Waals surface area (Å²) >= 11 is 5.94. The Labute approximate surface area is 122 Å². The number of nitrogens with one attached hydrogen (secondary N) is 1. The molecule has 0 aromatic carbocycles. The Morgan fingerprint density at radius 2 is 2.30 bits per heavy atom. The average Bonchev–Trinajstić information content (AvgIpc) is 2.71. The third-order valence-corrected chi connectivity index (χ3v) is 4.97. The number of hydrogen-bond acceptors (Lipinski definition) is 5. The number of amides is 1. The van der Waals surface area contributed by atoms with Crippen LogP contribution >= 0.6 is 11.6 Å². The van der Waals surface area contributed by atoms with E-state index in [2.05, 4.69) is 10.3 Å². The van der Waals surface area contributed by atoms with E-state index in [0.717, 1.165) is 0 Å². The lowest BCUT2D eigenvalue weighted by molar-refractivity contribution is 0.0935. The Kier molecular flexibility index (Phi) is 4.49. The molecule has 110 valence electrons. The Hall–Kier alpha value is -1.34. The molecule has 0 saturated carbocycles. The van der Waals surface area contributed by atoms with Gasteiger partial charge in [-0.25, -0.2) is 13.4 Å². The van der Waals surface area contributed by atoms with Crippen LogP contribution in [-0.4, -0.2) is 43.5 Å². The second-order valence-electron chi connectivity index (χ2n) is 4.49. The molecule has 0 spiro atoms. The van der Waals surface area contributed by atoms with E-state index < -0.39 is 15.7 Å². The average molecular weight is 319 g/mol. The summed E-state index contributed by atoms with van der Waals surface area (Å²) in [6.45, 7) is 2.23. The van der Waals surface area contributed by atoms with Gasteiger partial charge in [-0.05, 0) is 19.4 Å². The zero-order valence-electron chi connectivity index (χ0n) is 10.9. The van der Waals surface area contributed by atoms with Gasteiger partial charge in [0.2, 0.25) is 5.88 Å². The lowest BCUT2D eigenvalue weighted by Gasteiger charge is -2.12. The molecule has 1 saturated heterocycles. The number of sulfone groups is 1. The van der Waals surface area contributed by atoms with Crippen LogP contribution in [0.25, 0.3) is 0 Å². The molecular formula is C12H15ClN2O4S. The number of pyridine rings is 1. The molecular weight excluding hydrogens is 304 g/mol. The van der Waals surface area contributed by atoms with Crippen LogP contribution < -0.4 is 10.1 Å². The molecule has 0 bridgehead atoms. The highest BCUT2D eigenvalue weighted by Gasteiger charge is 2.29. The minimum atomic E-state index is -3.04. The number of carbonyl (C=O) groups is 1. The second-order valence-corrected chi connectivity index (χ2v) is 7.12. The maximum atomic E-state index is 12.1. The van der Waals surface area contributed by atoms with Crippen LogP contribution in [0.1, 0.15) is 23.8 Å². The fourth-order valence-corrected chi connectivity index (χ4v) is 3.84. The Bertz CT molecular complexity index is 618. The van der Waals surface area contributed by atoms with Gasteiger partial charge >= 0.3 is 0 Å². The second kappa shape index (κ2) is 5.97. The van der Waals surface area contributed by atoms with E-state index in [4.69, 9.17) is 16.3 Å². The van der Waals surface area contributed by atoms with Gasteiger partial charge in [0.1, 0.15) is 0 Å². The molecule has 6 nitrogen and oxygen atoms in total. The van der Waals surface area contributed by atoms with Gasteiger partial charge in [-0.1, -0.05) is 11.6 Å². The summed E-state index contributed by atoms with van der Waals surface area (Å²) in [6, 6.07) is 2.71. The first-order chi connectivity index (χ1) is 9.41. The van der Waals surface area contributed by atoms with Crippen molar-refractivity contribution in [1.82, 2.24) is 10.3 Å². The summed E-state index contributed by atoms with van der Waals surface area (Å²) in [7, 11) is -3.04. The third-order valence-electron chi connectivity index (χ3n) is 2.90. The molecule has 1 fully saturated rings. The minimum absolute atomic E-state index is 0.0402. The summed E-state index contributed by atoms with van der Waals surface area (Å²) in [5.41, 5.74) is 0.0434. The van der Waals surface area contributed by atoms with Gasteiger partial charge in [0.15, 0.2) is 15.5 Å². The minimum Gasteiger partial charge on any atom is -0.478 e. The van der Waals surface area contributed by atoms with E-state index in [-0.39, 0.29) is 28.3 Å². The predicted octanol–water partition coefficient (Wildman–Crippen LogP) is 1.05. The lowest BCUT2D eigenvalue weighted by atomic mass is 10.2. The lowest BCUT2D eigenvalue weighted by Crippen LogP contribution is -2.36. The van der Waals surface area contributed by atoms with Gasteiger partial charge in [0.25, 0.3) is 5.91 Å². The van der Waals surface area contributed by atoms with Crippen LogP contribution in [0.4, 0.5) is 0 Å². The van der Waals surface area contributed by atoms with Crippen molar-refractivity contribution in [2.75, 3.05) is 18.1 Å². The van der Waals surface area contributed by atoms with E-state index >= 15 is 0 Å². The molecule has 20 heavy (non-hydrogen) atoms. The monoisotopic (exact) mass is 318 g/mol. The molecule has 1 aromatic heterocycles. The summed E-state index contributed by atoms with van der Waals surface area (Å²) in [5, 5.41) is 2.84. The van der Waals surface area contributed by atoms with E-state index in [9.17, 15) is 13.2 Å². The maximum Gasteiger partial charge on any atom is 0.271 e. The summed E-state index contributed by atoms with van der Waals surface area (Å²) in [5.74, 6) is -0.126. The highest BCUT2D eigenvalue weighted by molar-refractivity contribution is 7.91. The standard InChI is InChI=1S/C12H15ClN2O4S/c1-2-19-10-4-3-9(13)11(15-10)12(16)14-8-5-6-20(17,18)7-8/h3-4,8H,2,5-7H2,1H3,(H,14,16)/t8-/m1/s1. The van der Waals surface area contributed by atoms with E-state index in [0.29, 0.717) is 18.9 Å². The molecule has 8 heteroatoms. The zero-order valence-corrected chi connectivity index (χ0v) is 12.5. The number of rotatable bonds is 4. The first-order valence-corrected chi connectivity index (χ1v) is 8.42. The number of carbonyl (C=O) groups excluding carboxylic acids is 1. The summed E-state index contributed by atoms with van der Waals surface area (Å²) < 4.78 is 27.9. The fourth-order valence-electron chi connectivity index (χ4n) is 1.97. The number of halogens is 1. The van der Waals surface area contributed by atoms with Crippen LogP contribution in [0.5, 0.6) is 5.88 Å². The first-order valence-electron chi connectivity index (χ1n) is 6.22. The van der Waals surface area contributed by atoms with Crippen LogP contribution in [0.15, 0.2) is 12.1 Å². The predicted molar refractivity (Wildman–Crippen MR) is 74.9 cm³/mol. The van der Waals surface area contributed by atoms with Crippen molar-refractivity contribution in [2.24, 2.45) is 0 Å². The summed E-state index contributed by atoms with van der Waals surface area (Å²) in [6.07, 6.45) is 0.414. The van der Waals surface area contributed by atoms with Crippen molar-refractivity contribution < 1.29 is 17.9 Å². The maximum absolute atomic E-state index is 12.1. The third kappa shape index (κ3) is 3.61. The van der Waals surface area contributed by atoms with Crippen molar-refractivity contribution >= 4 is 27.3 Å². The van der Waals surface area contributed by atoms with Crippen molar-refractivity contribution in [3.63, 3.8) is 0 Å². The Balaban J connectivity index is 2.11. The SMILES string of the molecule is CCOc1ccc(Cl)c(C(=O)N[C@@H]2CCS(=O)(=O)C2)n1. The fraction of sp³-hybridized carbons (Fsp3) is 0.500. The van der Waals surface area contributed by atoms with Crippen molar-refractivity contribution in [1.29, 1.82) is 0 Å². The Morgan fingerprint density at radius 1 is 1.55 bits per heavy atom. The smallest absolute Gasteiger partial charge is 0.271 e. The van der Waals surface area contributed by atoms with E-state index in [1.165, 1.54) is 6.07 Å². The van der Waals surface area contributed by atoms with Gasteiger partial charge in [0.05, 0.1) is 23.1 Å². The van der Waals surface area contributed by atoms with Gasteiger partial charge in [-0.2, -0.15) is 0 Å². The van der Waals surface area contributed by atoms with Crippen molar-refractivity contribution in [2.45, 2.75) is 19.4 Å². The zero-order chi connectivity index (χ0) is 14.8. The van der Waals surface area contributed by atoms with Gasteiger partial charge in [-0.3, -0.25) is 4.79 Å². The van der Waals surface area contributed by atoms with E-state index in [1.807, 2.05) is 0 Å². The number of nitrogens with zero attached hydrogens (tertiary/aromatic N) is 1. The van der Waals surface area contributed by atoms with Crippen LogP contribution in [-0.2, 0) is 9.84 Å². The van der Waals surface area contributed by atoms with E-state index in [1.54, 1.807) is 13.0 Å². The topological polar surface area (TPSA) is 85.4 Å². The molecule has 0 unspecified atom stereocenters. The van der Waals surface area contributed by atoms with Gasteiger partial charge < -0.3 is 10.1 Å². The number of aromatic nitrogens is 1. The molecule has 2 heterocycles. The van der Waals surface area contributed by atoms with Crippen LogP contribution in [0.2, 0.25) is 5.02 Å². The molecule has 0 aliphatic carbocycles. The molecule has 1 amide bonds. The normalized spacial score (nSPS) is 20.6. The Morgan fingerprint density at radius 3 is 2.90 bits per heavy atom. The van der Waals surface area contributed by atoms with Crippen molar-refractivity contribution in [3.05, 3.63) is 22.8 Å². The van der Waals surface area contributed by atoms with Crippen molar-refractivity contribution in [3.8, 4) is 5.88 Å². The highest BCUT2D eigenvalue weighted by atomic mass is 35.5. The molecule has 1 N–H and O–H groups in total. The number of ether oxygens (including phenoxy) is 1.